The van der Waals surface area contributed by atoms with Crippen LogP contribution in [0.5, 0.6) is 11.5 Å². The van der Waals surface area contributed by atoms with Gasteiger partial charge in [0.05, 0.1) is 20.3 Å². The number of methoxy groups -OCH3 is 2. The molecule has 4 nitrogen and oxygen atoms in total. The number of nitrogens with one attached hydrogen (secondary N) is 2. The monoisotopic (exact) mass is 464 g/mol. The minimum absolute atomic E-state index is 0.0239. The van der Waals surface area contributed by atoms with E-state index in [9.17, 15) is 0 Å². The lowest BCUT2D eigenvalue weighted by Crippen LogP contribution is -2.35. The summed E-state index contributed by atoms with van der Waals surface area (Å²) in [7, 11) is 5.22. The van der Waals surface area contributed by atoms with Crippen LogP contribution in [0.25, 0.3) is 0 Å². The molecule has 3 aromatic carbocycles. The molecule has 5 heteroatoms. The molecule has 0 bridgehead atoms. The van der Waals surface area contributed by atoms with Crippen molar-refractivity contribution in [3.63, 3.8) is 0 Å². The van der Waals surface area contributed by atoms with Gasteiger partial charge in [0.15, 0.2) is 11.5 Å². The zero-order valence-electron chi connectivity index (χ0n) is 19.8. The van der Waals surface area contributed by atoms with Crippen LogP contribution in [-0.4, -0.2) is 21.3 Å². The number of hydrogen-bond donors (Lipinski definition) is 2. The second kappa shape index (κ2) is 11.8. The zero-order valence-corrected chi connectivity index (χ0v) is 20.5. The molecule has 3 atom stereocenters. The number of ether oxygens (including phenoxy) is 2. The Balaban J connectivity index is 1.99. The van der Waals surface area contributed by atoms with Crippen LogP contribution < -0.4 is 20.1 Å². The Labute approximate surface area is 202 Å². The Bertz CT molecular complexity index is 1040. The second-order valence-corrected chi connectivity index (χ2v) is 8.62. The lowest BCUT2D eigenvalue weighted by molar-refractivity contribution is 0.342. The van der Waals surface area contributed by atoms with E-state index in [0.29, 0.717) is 11.5 Å². The van der Waals surface area contributed by atoms with Crippen molar-refractivity contribution in [3.05, 3.63) is 107 Å². The molecule has 0 radical (unpaired) electrons. The molecule has 0 amide bonds. The molecule has 0 aliphatic rings. The van der Waals surface area contributed by atoms with Gasteiger partial charge in [-0.2, -0.15) is 0 Å². The van der Waals surface area contributed by atoms with E-state index in [1.807, 2.05) is 31.3 Å². The minimum Gasteiger partial charge on any atom is -0.493 e. The molecule has 0 spiro atoms. The topological polar surface area (TPSA) is 42.5 Å². The molecular weight excluding hydrogens is 432 g/mol. The molecule has 1 unspecified atom stereocenters. The van der Waals surface area contributed by atoms with Crippen LogP contribution in [-0.2, 0) is 6.42 Å². The third-order valence-corrected chi connectivity index (χ3v) is 6.21. The van der Waals surface area contributed by atoms with E-state index in [1.54, 1.807) is 14.2 Å². The normalized spacial score (nSPS) is 13.6. The average molecular weight is 465 g/mol. The van der Waals surface area contributed by atoms with E-state index in [1.165, 1.54) is 5.56 Å². The van der Waals surface area contributed by atoms with Gasteiger partial charge in [-0.25, -0.2) is 0 Å². The first kappa shape index (κ1) is 24.7. The molecule has 0 aliphatic carbocycles. The molecule has 3 rings (SSSR count). The van der Waals surface area contributed by atoms with Gasteiger partial charge in [-0.3, -0.25) is 5.32 Å². The highest BCUT2D eigenvalue weighted by Crippen LogP contribution is 2.35. The van der Waals surface area contributed by atoms with Crippen LogP contribution in [0.2, 0.25) is 5.02 Å². The highest BCUT2D eigenvalue weighted by Gasteiger charge is 2.26. The maximum Gasteiger partial charge on any atom is 0.161 e. The van der Waals surface area contributed by atoms with Crippen molar-refractivity contribution in [1.82, 2.24) is 10.6 Å². The standard InChI is InChI=1S/C28H33ClN2O2/c1-19(17-21-11-14-24(29)15-12-21)27(23-13-16-25(32-4)26(18-23)33-5)31-28(20(2)30-3)22-9-7-6-8-10-22/h6-16,18-19,27-28,30-31H,2,17H2,1,3-5H3/t19?,27-,28-/m1/s1. The van der Waals surface area contributed by atoms with Crippen molar-refractivity contribution >= 4 is 11.6 Å². The Morgan fingerprint density at radius 1 is 0.909 bits per heavy atom. The summed E-state index contributed by atoms with van der Waals surface area (Å²) < 4.78 is 11.1. The number of likely N-dealkylation sites (N-methyl/N-ethyl adjacent to an activating group) is 1. The first-order valence-corrected chi connectivity index (χ1v) is 11.5. The summed E-state index contributed by atoms with van der Waals surface area (Å²) in [5.74, 6) is 1.69. The van der Waals surface area contributed by atoms with Gasteiger partial charge in [0, 0.05) is 23.8 Å². The van der Waals surface area contributed by atoms with Crippen LogP contribution in [0, 0.1) is 5.92 Å². The molecule has 0 saturated heterocycles. The van der Waals surface area contributed by atoms with Crippen molar-refractivity contribution in [3.8, 4) is 11.5 Å². The van der Waals surface area contributed by atoms with E-state index in [-0.39, 0.29) is 18.0 Å². The van der Waals surface area contributed by atoms with Gasteiger partial charge < -0.3 is 14.8 Å². The summed E-state index contributed by atoms with van der Waals surface area (Å²) in [5, 5.41) is 7.86. The second-order valence-electron chi connectivity index (χ2n) is 8.19. The largest absolute Gasteiger partial charge is 0.493 e. The van der Waals surface area contributed by atoms with Gasteiger partial charge in [0.2, 0.25) is 0 Å². The highest BCUT2D eigenvalue weighted by atomic mass is 35.5. The Morgan fingerprint density at radius 2 is 1.58 bits per heavy atom. The maximum atomic E-state index is 6.10. The fraction of sp³-hybridized carbons (Fsp3) is 0.286. The van der Waals surface area contributed by atoms with Crippen LogP contribution in [0.3, 0.4) is 0 Å². The van der Waals surface area contributed by atoms with Gasteiger partial charge >= 0.3 is 0 Å². The van der Waals surface area contributed by atoms with Crippen LogP contribution >= 0.6 is 11.6 Å². The molecule has 0 aliphatic heterocycles. The molecular formula is C28H33ClN2O2. The number of benzene rings is 3. The fourth-order valence-electron chi connectivity index (χ4n) is 4.11. The maximum absolute atomic E-state index is 6.10. The molecule has 0 aromatic heterocycles. The zero-order chi connectivity index (χ0) is 23.8. The van der Waals surface area contributed by atoms with E-state index >= 15 is 0 Å². The minimum atomic E-state index is -0.0676. The van der Waals surface area contributed by atoms with Crippen molar-refractivity contribution in [2.75, 3.05) is 21.3 Å². The van der Waals surface area contributed by atoms with Gasteiger partial charge in [-0.1, -0.05) is 73.6 Å². The molecule has 33 heavy (non-hydrogen) atoms. The van der Waals surface area contributed by atoms with Gasteiger partial charge in [0.25, 0.3) is 0 Å². The van der Waals surface area contributed by atoms with E-state index in [4.69, 9.17) is 21.1 Å². The molecule has 2 N–H and O–H groups in total. The number of halogens is 1. The Hall–Kier alpha value is -2.95. The lowest BCUT2D eigenvalue weighted by Gasteiger charge is -2.32. The highest BCUT2D eigenvalue weighted by molar-refractivity contribution is 6.30. The summed E-state index contributed by atoms with van der Waals surface area (Å²) in [4.78, 5) is 0. The van der Waals surface area contributed by atoms with Crippen molar-refractivity contribution in [2.45, 2.75) is 25.4 Å². The van der Waals surface area contributed by atoms with Crippen molar-refractivity contribution in [1.29, 1.82) is 0 Å². The number of hydrogen-bond acceptors (Lipinski definition) is 4. The van der Waals surface area contributed by atoms with Crippen LogP contribution in [0.1, 0.15) is 35.7 Å². The predicted molar refractivity (Wildman–Crippen MR) is 137 cm³/mol. The summed E-state index contributed by atoms with van der Waals surface area (Å²) in [5.41, 5.74) is 4.42. The molecule has 0 heterocycles. The third-order valence-electron chi connectivity index (χ3n) is 5.96. The smallest absolute Gasteiger partial charge is 0.161 e. The Kier molecular flexibility index (Phi) is 8.81. The fourth-order valence-corrected chi connectivity index (χ4v) is 4.24. The molecule has 0 saturated carbocycles. The van der Waals surface area contributed by atoms with E-state index in [0.717, 1.165) is 28.3 Å². The number of rotatable bonds is 11. The van der Waals surface area contributed by atoms with Gasteiger partial charge in [-0.15, -0.1) is 0 Å². The molecule has 3 aromatic rings. The average Bonchev–Trinajstić information content (AvgIpc) is 2.85. The molecule has 174 valence electrons. The van der Waals surface area contributed by atoms with Gasteiger partial charge in [-0.05, 0) is 53.3 Å². The lowest BCUT2D eigenvalue weighted by atomic mass is 9.87. The summed E-state index contributed by atoms with van der Waals surface area (Å²) in [6, 6.07) is 24.5. The van der Waals surface area contributed by atoms with Crippen LogP contribution in [0.15, 0.2) is 85.1 Å². The van der Waals surface area contributed by atoms with E-state index in [2.05, 4.69) is 72.7 Å². The van der Waals surface area contributed by atoms with Gasteiger partial charge in [0.1, 0.15) is 0 Å². The molecule has 0 fully saturated rings. The van der Waals surface area contributed by atoms with E-state index < -0.39 is 0 Å². The predicted octanol–water partition coefficient (Wildman–Crippen LogP) is 6.34. The SMILES string of the molecule is C=C(NC)[C@@H](N[C@@H](c1ccc(OC)c(OC)c1)C(C)Cc1ccc(Cl)cc1)c1ccccc1. The van der Waals surface area contributed by atoms with Crippen molar-refractivity contribution in [2.24, 2.45) is 5.92 Å². The third kappa shape index (κ3) is 6.31. The quantitative estimate of drug-likeness (QED) is 0.347. The van der Waals surface area contributed by atoms with Crippen molar-refractivity contribution < 1.29 is 9.47 Å². The summed E-state index contributed by atoms with van der Waals surface area (Å²) in [6.45, 7) is 6.53. The summed E-state index contributed by atoms with van der Waals surface area (Å²) >= 11 is 6.10. The van der Waals surface area contributed by atoms with Crippen LogP contribution in [0.4, 0.5) is 0 Å². The first-order chi connectivity index (χ1) is 16.0. The first-order valence-electron chi connectivity index (χ1n) is 11.1. The Morgan fingerprint density at radius 3 is 2.18 bits per heavy atom. The summed E-state index contributed by atoms with van der Waals surface area (Å²) in [6.07, 6.45) is 0.886.